The average Bonchev–Trinajstić information content (AvgIpc) is 3.03. The zero-order chi connectivity index (χ0) is 16.7. The van der Waals surface area contributed by atoms with Gasteiger partial charge in [0.05, 0.1) is 24.4 Å². The summed E-state index contributed by atoms with van der Waals surface area (Å²) in [5, 5.41) is 4.36. The fourth-order valence-corrected chi connectivity index (χ4v) is 4.57. The molecule has 1 aromatic carbocycles. The van der Waals surface area contributed by atoms with Crippen LogP contribution in [0.5, 0.6) is 0 Å². The van der Waals surface area contributed by atoms with Crippen LogP contribution in [0.15, 0.2) is 41.4 Å². The van der Waals surface area contributed by atoms with E-state index in [0.717, 1.165) is 5.56 Å². The van der Waals surface area contributed by atoms with Gasteiger partial charge in [-0.1, -0.05) is 30.3 Å². The maximum Gasteiger partial charge on any atom is 0.248 e. The summed E-state index contributed by atoms with van der Waals surface area (Å²) in [5.74, 6) is 0. The van der Waals surface area contributed by atoms with Crippen molar-refractivity contribution < 1.29 is 13.2 Å². The molecule has 6 nitrogen and oxygen atoms in total. The third kappa shape index (κ3) is 3.04. The van der Waals surface area contributed by atoms with Crippen molar-refractivity contribution in [2.24, 2.45) is 0 Å². The average molecular weight is 335 g/mol. The lowest BCUT2D eigenvalue weighted by molar-refractivity contribution is 0.171. The number of ether oxygens (including phenoxy) is 1. The van der Waals surface area contributed by atoms with Crippen molar-refractivity contribution in [1.29, 1.82) is 0 Å². The fraction of sp³-hybridized carbons (Fsp3) is 0.438. The summed E-state index contributed by atoms with van der Waals surface area (Å²) >= 11 is 0. The number of benzene rings is 1. The van der Waals surface area contributed by atoms with E-state index in [-0.39, 0.29) is 11.6 Å². The second kappa shape index (κ2) is 5.74. The summed E-state index contributed by atoms with van der Waals surface area (Å²) in [7, 11) is -3.62. The van der Waals surface area contributed by atoms with Gasteiger partial charge in [-0.05, 0) is 26.3 Å². The molecule has 23 heavy (non-hydrogen) atoms. The molecule has 0 spiro atoms. The molecule has 2 aromatic rings. The van der Waals surface area contributed by atoms with E-state index in [0.29, 0.717) is 18.8 Å². The quantitative estimate of drug-likeness (QED) is 0.857. The lowest BCUT2D eigenvalue weighted by atomic mass is 10.1. The molecular weight excluding hydrogens is 314 g/mol. The molecule has 0 unspecified atom stereocenters. The van der Waals surface area contributed by atoms with Gasteiger partial charge in [0.25, 0.3) is 0 Å². The first-order valence-electron chi connectivity index (χ1n) is 7.49. The molecule has 0 atom stereocenters. The van der Waals surface area contributed by atoms with E-state index >= 15 is 0 Å². The molecule has 1 aliphatic heterocycles. The van der Waals surface area contributed by atoms with Gasteiger partial charge in [-0.25, -0.2) is 8.42 Å². The van der Waals surface area contributed by atoms with E-state index in [9.17, 15) is 8.42 Å². The van der Waals surface area contributed by atoms with Crippen molar-refractivity contribution in [2.45, 2.75) is 37.8 Å². The van der Waals surface area contributed by atoms with E-state index in [4.69, 9.17) is 4.74 Å². The van der Waals surface area contributed by atoms with Crippen LogP contribution < -0.4 is 0 Å². The van der Waals surface area contributed by atoms with Crippen LogP contribution in [0.3, 0.4) is 0 Å². The lowest BCUT2D eigenvalue weighted by Gasteiger charge is -2.27. The van der Waals surface area contributed by atoms with Crippen LogP contribution in [0.2, 0.25) is 0 Å². The maximum atomic E-state index is 12.9. The van der Waals surface area contributed by atoms with E-state index in [2.05, 4.69) is 5.10 Å². The van der Waals surface area contributed by atoms with E-state index in [1.165, 1.54) is 4.31 Å². The molecule has 1 aliphatic rings. The number of aromatic nitrogens is 2. The Bertz CT molecular complexity index is 797. The van der Waals surface area contributed by atoms with E-state index in [1.54, 1.807) is 17.8 Å². The zero-order valence-electron chi connectivity index (χ0n) is 13.6. The normalized spacial score (nSPS) is 18.4. The summed E-state index contributed by atoms with van der Waals surface area (Å²) in [6.07, 6.45) is 1.60. The first-order valence-corrected chi connectivity index (χ1v) is 8.93. The molecule has 2 heterocycles. The summed E-state index contributed by atoms with van der Waals surface area (Å²) in [5.41, 5.74) is 1.03. The lowest BCUT2D eigenvalue weighted by Crippen LogP contribution is -2.44. The number of rotatable bonds is 4. The van der Waals surface area contributed by atoms with Crippen LogP contribution in [0, 0.1) is 6.92 Å². The third-order valence-corrected chi connectivity index (χ3v) is 6.13. The minimum Gasteiger partial charge on any atom is -0.363 e. The topological polar surface area (TPSA) is 64.4 Å². The SMILES string of the molecule is Cc1nn(Cc2ccccc2)cc1S(=O)(=O)N1COCC1(C)C. The Morgan fingerprint density at radius 3 is 2.57 bits per heavy atom. The van der Waals surface area contributed by atoms with Gasteiger partial charge in [0, 0.05) is 6.20 Å². The standard InChI is InChI=1S/C16H21N3O3S/c1-13-15(23(20,21)19-12-22-11-16(19,2)3)10-18(17-13)9-14-7-5-4-6-8-14/h4-8,10H,9,11-12H2,1-3H3. The van der Waals surface area contributed by atoms with Gasteiger partial charge in [-0.15, -0.1) is 0 Å². The Hall–Kier alpha value is -1.70. The largest absolute Gasteiger partial charge is 0.363 e. The van der Waals surface area contributed by atoms with Crippen molar-refractivity contribution in [2.75, 3.05) is 13.3 Å². The number of sulfonamides is 1. The minimum atomic E-state index is -3.62. The van der Waals surface area contributed by atoms with Crippen molar-refractivity contribution in [3.05, 3.63) is 47.8 Å². The molecular formula is C16H21N3O3S. The first-order chi connectivity index (χ1) is 10.8. The summed E-state index contributed by atoms with van der Waals surface area (Å²) < 4.78 is 34.3. The molecule has 124 valence electrons. The van der Waals surface area contributed by atoms with Crippen LogP contribution >= 0.6 is 0 Å². The molecule has 1 fully saturated rings. The summed E-state index contributed by atoms with van der Waals surface area (Å²) in [6, 6.07) is 9.83. The summed E-state index contributed by atoms with van der Waals surface area (Å²) in [4.78, 5) is 0.243. The molecule has 0 bridgehead atoms. The molecule has 1 aromatic heterocycles. The van der Waals surface area contributed by atoms with E-state index < -0.39 is 15.6 Å². The predicted octanol–water partition coefficient (Wildman–Crippen LogP) is 2.00. The second-order valence-corrected chi connectivity index (χ2v) is 8.24. The Morgan fingerprint density at radius 1 is 1.26 bits per heavy atom. The fourth-order valence-electron chi connectivity index (χ4n) is 2.74. The van der Waals surface area contributed by atoms with Crippen LogP contribution in [0.4, 0.5) is 0 Å². The van der Waals surface area contributed by atoms with Crippen molar-refractivity contribution >= 4 is 10.0 Å². The van der Waals surface area contributed by atoms with Crippen molar-refractivity contribution in [3.63, 3.8) is 0 Å². The molecule has 0 saturated carbocycles. The highest BCUT2D eigenvalue weighted by molar-refractivity contribution is 7.89. The van der Waals surface area contributed by atoms with Crippen LogP contribution in [0.1, 0.15) is 25.1 Å². The zero-order valence-corrected chi connectivity index (χ0v) is 14.4. The van der Waals surface area contributed by atoms with Crippen LogP contribution in [-0.4, -0.2) is 41.4 Å². The van der Waals surface area contributed by atoms with Gasteiger partial charge >= 0.3 is 0 Å². The van der Waals surface area contributed by atoms with Gasteiger partial charge in [-0.3, -0.25) is 4.68 Å². The van der Waals surface area contributed by atoms with Gasteiger partial charge in [0.15, 0.2) is 0 Å². The Morgan fingerprint density at radius 2 is 1.96 bits per heavy atom. The molecule has 3 rings (SSSR count). The highest BCUT2D eigenvalue weighted by Crippen LogP contribution is 2.30. The number of hydrogen-bond donors (Lipinski definition) is 0. The second-order valence-electron chi connectivity index (χ2n) is 6.41. The van der Waals surface area contributed by atoms with Crippen LogP contribution in [-0.2, 0) is 21.3 Å². The smallest absolute Gasteiger partial charge is 0.248 e. The molecule has 7 heteroatoms. The number of aryl methyl sites for hydroxylation is 1. The third-order valence-electron chi connectivity index (χ3n) is 4.00. The van der Waals surface area contributed by atoms with Gasteiger partial charge < -0.3 is 4.74 Å². The predicted molar refractivity (Wildman–Crippen MR) is 86.4 cm³/mol. The summed E-state index contributed by atoms with van der Waals surface area (Å²) in [6.45, 7) is 6.46. The van der Waals surface area contributed by atoms with Crippen molar-refractivity contribution in [1.82, 2.24) is 14.1 Å². The Kier molecular flexibility index (Phi) is 4.03. The monoisotopic (exact) mass is 335 g/mol. The molecule has 0 radical (unpaired) electrons. The highest BCUT2D eigenvalue weighted by atomic mass is 32.2. The Balaban J connectivity index is 1.92. The number of nitrogens with zero attached hydrogens (tertiary/aromatic N) is 3. The van der Waals surface area contributed by atoms with Crippen molar-refractivity contribution in [3.8, 4) is 0 Å². The van der Waals surface area contributed by atoms with Gasteiger partial charge in [0.1, 0.15) is 11.6 Å². The molecule has 0 aliphatic carbocycles. The molecule has 1 saturated heterocycles. The highest BCUT2D eigenvalue weighted by Gasteiger charge is 2.43. The molecule has 0 amide bonds. The van der Waals surface area contributed by atoms with E-state index in [1.807, 2.05) is 44.2 Å². The van der Waals surface area contributed by atoms with Gasteiger partial charge in [-0.2, -0.15) is 9.40 Å². The maximum absolute atomic E-state index is 12.9. The minimum absolute atomic E-state index is 0.0820. The van der Waals surface area contributed by atoms with Gasteiger partial charge in [0.2, 0.25) is 10.0 Å². The first kappa shape index (κ1) is 16.2. The van der Waals surface area contributed by atoms with Crippen LogP contribution in [0.25, 0.3) is 0 Å². The number of hydrogen-bond acceptors (Lipinski definition) is 4. The Labute approximate surface area is 136 Å². The molecule has 0 N–H and O–H groups in total.